The normalized spacial score (nSPS) is 25.2. The van der Waals surface area contributed by atoms with Crippen molar-refractivity contribution in [2.45, 2.75) is 89.9 Å². The third-order valence-electron chi connectivity index (χ3n) is 7.82. The lowest BCUT2D eigenvalue weighted by Crippen LogP contribution is -2.55. The quantitative estimate of drug-likeness (QED) is 0.550. The van der Waals surface area contributed by atoms with Gasteiger partial charge in [-0.2, -0.15) is 0 Å². The zero-order valence-corrected chi connectivity index (χ0v) is 22.9. The van der Waals surface area contributed by atoms with E-state index < -0.39 is 29.1 Å². The summed E-state index contributed by atoms with van der Waals surface area (Å²) in [6, 6.07) is -1.31. The molecule has 10 nitrogen and oxygen atoms in total. The number of amides is 2. The highest BCUT2D eigenvalue weighted by Crippen LogP contribution is 2.40. The molecule has 36 heavy (non-hydrogen) atoms. The monoisotopic (exact) mass is 503 g/mol. The maximum absolute atomic E-state index is 13.9. The molecule has 1 aromatic heterocycles. The van der Waals surface area contributed by atoms with Gasteiger partial charge in [0.2, 0.25) is 11.8 Å². The van der Waals surface area contributed by atoms with E-state index in [-0.39, 0.29) is 24.8 Å². The van der Waals surface area contributed by atoms with Gasteiger partial charge in [0.25, 0.3) is 0 Å². The summed E-state index contributed by atoms with van der Waals surface area (Å²) in [6.45, 7) is 15.3. The van der Waals surface area contributed by atoms with Crippen LogP contribution in [0.15, 0.2) is 6.20 Å². The summed E-state index contributed by atoms with van der Waals surface area (Å²) in [5.74, 6) is 0.0459. The Hall–Kier alpha value is -2.04. The molecule has 4 rings (SSSR count). The molecule has 3 aliphatic rings. The second kappa shape index (κ2) is 10.4. The molecular formula is C26H45N7O3. The number of hydrogen-bond donors (Lipinski definition) is 2. The average molecular weight is 504 g/mol. The van der Waals surface area contributed by atoms with E-state index in [4.69, 9.17) is 0 Å². The number of nitrogens with zero attached hydrogens (tertiary/aromatic N) is 6. The van der Waals surface area contributed by atoms with Crippen LogP contribution in [0.25, 0.3) is 0 Å². The Balaban J connectivity index is 1.43. The van der Waals surface area contributed by atoms with Crippen LogP contribution in [-0.2, 0) is 9.59 Å². The molecule has 0 aromatic carbocycles. The first-order valence-corrected chi connectivity index (χ1v) is 13.5. The number of aliphatic hydroxyl groups is 1. The molecule has 1 saturated carbocycles. The highest BCUT2D eigenvalue weighted by molar-refractivity contribution is 5.90. The maximum atomic E-state index is 13.9. The topological polar surface area (TPSA) is 107 Å². The van der Waals surface area contributed by atoms with Crippen LogP contribution >= 0.6 is 0 Å². The van der Waals surface area contributed by atoms with Gasteiger partial charge in [0.05, 0.1) is 11.8 Å². The van der Waals surface area contributed by atoms with Crippen LogP contribution in [0.1, 0.15) is 78.0 Å². The molecule has 202 valence electrons. The lowest BCUT2D eigenvalue weighted by atomic mass is 9.85. The van der Waals surface area contributed by atoms with Gasteiger partial charge >= 0.3 is 0 Å². The molecule has 3 atom stereocenters. The molecule has 3 fully saturated rings. The van der Waals surface area contributed by atoms with Crippen molar-refractivity contribution >= 4 is 11.8 Å². The Labute approximate surface area is 215 Å². The van der Waals surface area contributed by atoms with Gasteiger partial charge in [-0.1, -0.05) is 26.0 Å². The molecule has 10 heteroatoms. The smallest absolute Gasteiger partial charge is 0.248 e. The van der Waals surface area contributed by atoms with E-state index in [0.29, 0.717) is 5.92 Å². The van der Waals surface area contributed by atoms with Crippen molar-refractivity contribution in [3.63, 3.8) is 0 Å². The van der Waals surface area contributed by atoms with Crippen molar-refractivity contribution in [2.75, 3.05) is 46.3 Å². The number of likely N-dealkylation sites (tertiary alicyclic amines) is 1. The molecule has 0 spiro atoms. The predicted octanol–water partition coefficient (Wildman–Crippen LogP) is 1.24. The minimum Gasteiger partial charge on any atom is -0.391 e. The molecule has 2 aliphatic heterocycles. The van der Waals surface area contributed by atoms with Crippen molar-refractivity contribution in [3.8, 4) is 0 Å². The van der Waals surface area contributed by atoms with Crippen molar-refractivity contribution in [2.24, 2.45) is 5.41 Å². The number of nitrogens with one attached hydrogen (secondary N) is 1. The second-order valence-electron chi connectivity index (χ2n) is 12.8. The minimum absolute atomic E-state index is 0.148. The summed E-state index contributed by atoms with van der Waals surface area (Å²) in [5, 5.41) is 22.3. The Bertz CT molecular complexity index is 928. The van der Waals surface area contributed by atoms with Gasteiger partial charge in [-0.3, -0.25) is 9.59 Å². The summed E-state index contributed by atoms with van der Waals surface area (Å²) in [6.07, 6.45) is 4.44. The standard InChI is InChI=1S/C26H45N7O3/c1-25(2,3)22(33-17-20(28-29-33)18-7-8-18)24(36)32-16-19(34)15-21(32)23(35)27-26(4,5)9-10-31-13-11-30(6)12-14-31/h17-19,21-22,34H,7-16H2,1-6H3,(H,27,35)/t19-,21+,22-/m1/s1. The van der Waals surface area contributed by atoms with Gasteiger partial charge in [0.15, 0.2) is 0 Å². The zero-order chi connectivity index (χ0) is 26.3. The highest BCUT2D eigenvalue weighted by atomic mass is 16.3. The number of β-amino-alcohol motifs (C(OH)–C–C–N with tert-alkyl or cyclic N) is 1. The summed E-state index contributed by atoms with van der Waals surface area (Å²) in [4.78, 5) is 33.7. The average Bonchev–Trinajstić information content (AvgIpc) is 3.39. The fourth-order valence-corrected chi connectivity index (χ4v) is 5.31. The van der Waals surface area contributed by atoms with Crippen molar-refractivity contribution in [3.05, 3.63) is 11.9 Å². The van der Waals surface area contributed by atoms with Gasteiger partial charge in [-0.15, -0.1) is 5.10 Å². The van der Waals surface area contributed by atoms with Gasteiger partial charge in [0, 0.05) is 63.3 Å². The Morgan fingerprint density at radius 2 is 1.81 bits per heavy atom. The van der Waals surface area contributed by atoms with E-state index in [2.05, 4.69) is 32.5 Å². The maximum Gasteiger partial charge on any atom is 0.248 e. The third-order valence-corrected chi connectivity index (χ3v) is 7.82. The first-order valence-electron chi connectivity index (χ1n) is 13.5. The van der Waals surface area contributed by atoms with Gasteiger partial charge in [-0.05, 0) is 45.6 Å². The highest BCUT2D eigenvalue weighted by Gasteiger charge is 2.46. The van der Waals surface area contributed by atoms with Gasteiger partial charge in [0.1, 0.15) is 12.1 Å². The van der Waals surface area contributed by atoms with E-state index in [9.17, 15) is 14.7 Å². The van der Waals surface area contributed by atoms with E-state index in [1.54, 1.807) is 9.58 Å². The van der Waals surface area contributed by atoms with Gasteiger partial charge in [-0.25, -0.2) is 4.68 Å². The molecule has 0 bridgehead atoms. The number of rotatable bonds is 8. The molecule has 0 unspecified atom stereocenters. The first-order chi connectivity index (χ1) is 16.8. The van der Waals surface area contributed by atoms with Crippen LogP contribution in [0.5, 0.6) is 0 Å². The van der Waals surface area contributed by atoms with E-state index >= 15 is 0 Å². The molecule has 1 aliphatic carbocycles. The Morgan fingerprint density at radius 1 is 1.14 bits per heavy atom. The third kappa shape index (κ3) is 6.44. The van der Waals surface area contributed by atoms with E-state index in [1.807, 2.05) is 40.8 Å². The minimum atomic E-state index is -0.725. The molecule has 2 N–H and O–H groups in total. The van der Waals surface area contributed by atoms with Crippen molar-refractivity contribution in [1.82, 2.24) is 35.0 Å². The first kappa shape index (κ1) is 27.0. The van der Waals surface area contributed by atoms with Crippen LogP contribution in [0.4, 0.5) is 0 Å². The SMILES string of the molecule is CN1CCN(CCC(C)(C)NC(=O)[C@@H]2C[C@@H](O)CN2C(=O)[C@@H](n2cc(C3CC3)nn2)C(C)(C)C)CC1. The van der Waals surface area contributed by atoms with E-state index in [1.165, 1.54) is 0 Å². The second-order valence-corrected chi connectivity index (χ2v) is 12.8. The number of carbonyl (C=O) groups is 2. The van der Waals surface area contributed by atoms with Gasteiger partial charge < -0.3 is 25.1 Å². The summed E-state index contributed by atoms with van der Waals surface area (Å²) >= 11 is 0. The molecule has 3 heterocycles. The lowest BCUT2D eigenvalue weighted by Gasteiger charge is -2.37. The number of likely N-dealkylation sites (N-methyl/N-ethyl adjacent to an activating group) is 1. The van der Waals surface area contributed by atoms with Crippen molar-refractivity contribution in [1.29, 1.82) is 0 Å². The number of carbonyl (C=O) groups excluding carboxylic acids is 2. The number of aliphatic hydroxyl groups excluding tert-OH is 1. The number of piperazine rings is 1. The largest absolute Gasteiger partial charge is 0.391 e. The summed E-state index contributed by atoms with van der Waals surface area (Å²) < 4.78 is 1.66. The fraction of sp³-hybridized carbons (Fsp3) is 0.846. The van der Waals surface area contributed by atoms with Crippen LogP contribution in [-0.4, -0.2) is 111 Å². The molecule has 1 aromatic rings. The number of aromatic nitrogens is 3. The predicted molar refractivity (Wildman–Crippen MR) is 137 cm³/mol. The molecule has 2 amide bonds. The number of hydrogen-bond acceptors (Lipinski definition) is 7. The zero-order valence-electron chi connectivity index (χ0n) is 22.9. The molecular weight excluding hydrogens is 458 g/mol. The van der Waals surface area contributed by atoms with Crippen LogP contribution in [0, 0.1) is 5.41 Å². The van der Waals surface area contributed by atoms with Crippen LogP contribution in [0.3, 0.4) is 0 Å². The van der Waals surface area contributed by atoms with Crippen LogP contribution < -0.4 is 5.32 Å². The fourth-order valence-electron chi connectivity index (χ4n) is 5.31. The van der Waals surface area contributed by atoms with E-state index in [0.717, 1.165) is 57.7 Å². The Morgan fingerprint density at radius 3 is 2.42 bits per heavy atom. The molecule has 2 saturated heterocycles. The summed E-state index contributed by atoms with van der Waals surface area (Å²) in [5.41, 5.74) is 0.0639. The van der Waals surface area contributed by atoms with Crippen molar-refractivity contribution < 1.29 is 14.7 Å². The Kier molecular flexibility index (Phi) is 7.78. The lowest BCUT2D eigenvalue weighted by molar-refractivity contribution is -0.144. The molecule has 0 radical (unpaired) electrons. The summed E-state index contributed by atoms with van der Waals surface area (Å²) in [7, 11) is 2.14. The van der Waals surface area contributed by atoms with Crippen LogP contribution in [0.2, 0.25) is 0 Å².